The maximum atomic E-state index is 14.5. The normalized spacial score (nSPS) is 12.3. The van der Waals surface area contributed by atoms with Gasteiger partial charge in [-0.25, -0.2) is 13.2 Å². The van der Waals surface area contributed by atoms with Crippen molar-refractivity contribution in [2.24, 2.45) is 0 Å². The van der Waals surface area contributed by atoms with Gasteiger partial charge in [0.25, 0.3) is 0 Å². The minimum atomic E-state index is -1.71. The van der Waals surface area contributed by atoms with Gasteiger partial charge >= 0.3 is 0 Å². The van der Waals surface area contributed by atoms with Crippen molar-refractivity contribution in [1.82, 2.24) is 0 Å². The van der Waals surface area contributed by atoms with Gasteiger partial charge in [0.15, 0.2) is 23.2 Å². The summed E-state index contributed by atoms with van der Waals surface area (Å²) in [4.78, 5) is 0. The minimum absolute atomic E-state index is 0.0762. The van der Waals surface area contributed by atoms with Crippen LogP contribution in [0, 0.1) is 17.5 Å². The van der Waals surface area contributed by atoms with Gasteiger partial charge in [0.1, 0.15) is 6.10 Å². The van der Waals surface area contributed by atoms with E-state index in [4.69, 9.17) is 4.74 Å². The van der Waals surface area contributed by atoms with Crippen molar-refractivity contribution in [1.29, 1.82) is 0 Å². The van der Waals surface area contributed by atoms with E-state index in [-0.39, 0.29) is 32.4 Å². The summed E-state index contributed by atoms with van der Waals surface area (Å²) in [7, 11) is 0. The predicted molar refractivity (Wildman–Crippen MR) is 83.4 cm³/mol. The van der Waals surface area contributed by atoms with Gasteiger partial charge in [-0.15, -0.1) is 0 Å². The van der Waals surface area contributed by atoms with Gasteiger partial charge in [-0.3, -0.25) is 0 Å². The molecule has 7 heteroatoms. The zero-order chi connectivity index (χ0) is 16.4. The van der Waals surface area contributed by atoms with Crippen LogP contribution in [-0.4, -0.2) is 11.7 Å². The van der Waals surface area contributed by atoms with Gasteiger partial charge < -0.3 is 9.84 Å². The highest BCUT2D eigenvalue weighted by molar-refractivity contribution is 9.10. The molecular formula is C15H11Br2F3O2. The van der Waals surface area contributed by atoms with Crippen LogP contribution in [0.4, 0.5) is 13.2 Å². The van der Waals surface area contributed by atoms with Crippen molar-refractivity contribution >= 4 is 31.9 Å². The van der Waals surface area contributed by atoms with Gasteiger partial charge in [-0.1, -0.05) is 31.9 Å². The van der Waals surface area contributed by atoms with Crippen molar-refractivity contribution < 1.29 is 23.0 Å². The second-order valence-corrected chi connectivity index (χ2v) is 6.07. The Morgan fingerprint density at radius 2 is 1.55 bits per heavy atom. The van der Waals surface area contributed by atoms with E-state index in [1.165, 1.54) is 18.2 Å². The zero-order valence-electron chi connectivity index (χ0n) is 11.3. The molecule has 0 aromatic heterocycles. The van der Waals surface area contributed by atoms with Crippen LogP contribution in [0.15, 0.2) is 33.2 Å². The summed E-state index contributed by atoms with van der Waals surface area (Å²) in [6, 6.07) is 5.01. The minimum Gasteiger partial charge on any atom is -0.491 e. The average molecular weight is 440 g/mol. The molecule has 1 unspecified atom stereocenters. The highest BCUT2D eigenvalue weighted by atomic mass is 79.9. The molecular weight excluding hydrogens is 429 g/mol. The maximum Gasteiger partial charge on any atom is 0.172 e. The second kappa shape index (κ2) is 7.02. The summed E-state index contributed by atoms with van der Waals surface area (Å²) >= 11 is 6.15. The standard InChI is InChI=1S/C15H11Br2F3O2/c1-2-22-10-6-4-8(17)12(14(10)20)15(21)11-7(16)3-5-9(18)13(11)19/h3-6,15,21H,2H2,1H3. The Morgan fingerprint density at radius 1 is 1.00 bits per heavy atom. The molecule has 0 saturated heterocycles. The molecule has 2 aromatic carbocycles. The van der Waals surface area contributed by atoms with E-state index < -0.39 is 23.6 Å². The largest absolute Gasteiger partial charge is 0.491 e. The van der Waals surface area contributed by atoms with Crippen LogP contribution >= 0.6 is 31.9 Å². The first-order chi connectivity index (χ1) is 10.4. The molecule has 0 spiro atoms. The molecule has 1 N–H and O–H groups in total. The van der Waals surface area contributed by atoms with E-state index in [0.29, 0.717) is 0 Å². The highest BCUT2D eigenvalue weighted by Crippen LogP contribution is 2.39. The van der Waals surface area contributed by atoms with E-state index >= 15 is 0 Å². The summed E-state index contributed by atoms with van der Waals surface area (Å²) in [6.07, 6.45) is -1.71. The third kappa shape index (κ3) is 3.16. The van der Waals surface area contributed by atoms with Crippen LogP contribution < -0.4 is 4.74 Å². The number of halogens is 5. The summed E-state index contributed by atoms with van der Waals surface area (Å²) < 4.78 is 47.3. The number of aliphatic hydroxyl groups excluding tert-OH is 1. The predicted octanol–water partition coefficient (Wildman–Crippen LogP) is 5.11. The van der Waals surface area contributed by atoms with Crippen LogP contribution in [0.2, 0.25) is 0 Å². The van der Waals surface area contributed by atoms with Crippen molar-refractivity contribution in [3.63, 3.8) is 0 Å². The van der Waals surface area contributed by atoms with Crippen molar-refractivity contribution in [2.75, 3.05) is 6.61 Å². The molecule has 2 rings (SSSR count). The average Bonchev–Trinajstić information content (AvgIpc) is 2.47. The molecule has 0 heterocycles. The maximum absolute atomic E-state index is 14.5. The molecule has 0 aliphatic carbocycles. The molecule has 118 valence electrons. The highest BCUT2D eigenvalue weighted by Gasteiger charge is 2.27. The first kappa shape index (κ1) is 17.3. The monoisotopic (exact) mass is 438 g/mol. The molecule has 0 amide bonds. The molecule has 0 saturated carbocycles. The number of benzene rings is 2. The molecule has 22 heavy (non-hydrogen) atoms. The third-order valence-electron chi connectivity index (χ3n) is 3.02. The number of rotatable bonds is 4. The molecule has 0 bridgehead atoms. The Bertz CT molecular complexity index is 708. The van der Waals surface area contributed by atoms with E-state index in [9.17, 15) is 18.3 Å². The van der Waals surface area contributed by atoms with Crippen LogP contribution in [0.5, 0.6) is 5.75 Å². The fraction of sp³-hybridized carbons (Fsp3) is 0.200. The molecule has 2 aromatic rings. The summed E-state index contributed by atoms with van der Waals surface area (Å²) in [5.41, 5.74) is -0.607. The summed E-state index contributed by atoms with van der Waals surface area (Å²) in [6.45, 7) is 1.91. The molecule has 0 radical (unpaired) electrons. The molecule has 2 nitrogen and oxygen atoms in total. The van der Waals surface area contributed by atoms with Crippen LogP contribution in [0.25, 0.3) is 0 Å². The van der Waals surface area contributed by atoms with E-state index in [0.717, 1.165) is 6.07 Å². The number of aliphatic hydroxyl groups is 1. The van der Waals surface area contributed by atoms with E-state index in [1.807, 2.05) is 0 Å². The van der Waals surface area contributed by atoms with Gasteiger partial charge in [0.2, 0.25) is 0 Å². The lowest BCUT2D eigenvalue weighted by molar-refractivity contribution is 0.204. The molecule has 0 aliphatic rings. The van der Waals surface area contributed by atoms with Gasteiger partial charge in [-0.2, -0.15) is 0 Å². The van der Waals surface area contributed by atoms with Gasteiger partial charge in [-0.05, 0) is 31.2 Å². The first-order valence-corrected chi connectivity index (χ1v) is 7.89. The molecule has 0 fully saturated rings. The topological polar surface area (TPSA) is 29.5 Å². The Hall–Kier alpha value is -1.05. The third-order valence-corrected chi connectivity index (χ3v) is 4.40. The van der Waals surface area contributed by atoms with Crippen LogP contribution in [0.1, 0.15) is 24.2 Å². The van der Waals surface area contributed by atoms with E-state index in [2.05, 4.69) is 31.9 Å². The fourth-order valence-electron chi connectivity index (χ4n) is 2.00. The lowest BCUT2D eigenvalue weighted by Crippen LogP contribution is -2.10. The van der Waals surface area contributed by atoms with E-state index in [1.54, 1.807) is 6.92 Å². The number of ether oxygens (including phenoxy) is 1. The van der Waals surface area contributed by atoms with Gasteiger partial charge in [0, 0.05) is 20.1 Å². The van der Waals surface area contributed by atoms with Crippen molar-refractivity contribution in [3.8, 4) is 5.75 Å². The zero-order valence-corrected chi connectivity index (χ0v) is 14.5. The second-order valence-electron chi connectivity index (χ2n) is 4.37. The Balaban J connectivity index is 2.62. The lowest BCUT2D eigenvalue weighted by Gasteiger charge is -2.18. The smallest absolute Gasteiger partial charge is 0.172 e. The molecule has 0 aliphatic heterocycles. The van der Waals surface area contributed by atoms with Gasteiger partial charge in [0.05, 0.1) is 6.61 Å². The summed E-state index contributed by atoms with van der Waals surface area (Å²) in [5, 5.41) is 10.4. The van der Waals surface area contributed by atoms with Crippen LogP contribution in [0.3, 0.4) is 0 Å². The Kier molecular flexibility index (Phi) is 5.52. The Morgan fingerprint density at radius 3 is 2.14 bits per heavy atom. The Labute approximate surface area is 142 Å². The summed E-state index contributed by atoms with van der Waals surface area (Å²) in [5.74, 6) is -3.28. The fourth-order valence-corrected chi connectivity index (χ4v) is 3.05. The number of hydrogen-bond acceptors (Lipinski definition) is 2. The van der Waals surface area contributed by atoms with Crippen molar-refractivity contribution in [3.05, 3.63) is 61.8 Å². The first-order valence-electron chi connectivity index (χ1n) is 6.30. The SMILES string of the molecule is CCOc1ccc(Br)c(C(O)c2c(Br)ccc(F)c2F)c1F. The number of hydrogen-bond donors (Lipinski definition) is 1. The van der Waals surface area contributed by atoms with Crippen molar-refractivity contribution in [2.45, 2.75) is 13.0 Å². The van der Waals surface area contributed by atoms with Crippen LogP contribution in [-0.2, 0) is 0 Å². The quantitative estimate of drug-likeness (QED) is 0.671. The lowest BCUT2D eigenvalue weighted by atomic mass is 10.00. The molecule has 1 atom stereocenters.